The maximum absolute atomic E-state index is 12.6. The van der Waals surface area contributed by atoms with Crippen molar-refractivity contribution in [1.29, 1.82) is 0 Å². The number of ether oxygens (including phenoxy) is 1. The Morgan fingerprint density at radius 1 is 1.33 bits per heavy atom. The Hall–Kier alpha value is -1.09. The zero-order chi connectivity index (χ0) is 11.1. The molecule has 84 valence electrons. The minimum Gasteiger partial charge on any atom is -0.496 e. The Balaban J connectivity index is 2.66. The van der Waals surface area contributed by atoms with Gasteiger partial charge >= 0.3 is 0 Å². The van der Waals surface area contributed by atoms with Crippen LogP contribution in [0.2, 0.25) is 0 Å². The van der Waals surface area contributed by atoms with E-state index in [-0.39, 0.29) is 0 Å². The molecule has 1 aromatic rings. The van der Waals surface area contributed by atoms with Gasteiger partial charge in [0.15, 0.2) is 0 Å². The summed E-state index contributed by atoms with van der Waals surface area (Å²) < 4.78 is 17.7. The summed E-state index contributed by atoms with van der Waals surface area (Å²) >= 11 is 0. The highest BCUT2D eigenvalue weighted by molar-refractivity contribution is 5.36. The lowest BCUT2D eigenvalue weighted by molar-refractivity contribution is 0.394. The van der Waals surface area contributed by atoms with E-state index in [9.17, 15) is 4.39 Å². The van der Waals surface area contributed by atoms with Crippen molar-refractivity contribution in [2.24, 2.45) is 5.73 Å². The lowest BCUT2D eigenvalue weighted by atomic mass is 10.0. The fourth-order valence-corrected chi connectivity index (χ4v) is 1.57. The van der Waals surface area contributed by atoms with Gasteiger partial charge in [-0.1, -0.05) is 6.07 Å². The lowest BCUT2D eigenvalue weighted by Crippen LogP contribution is -1.99. The van der Waals surface area contributed by atoms with Crippen molar-refractivity contribution in [2.75, 3.05) is 13.7 Å². The standard InChI is InChI=1S/C12H18FNO/c1-15-12-6-5-10(4-2-3-7-14)8-11(12)9-13/h5-6,8H,2-4,7,9,14H2,1H3. The van der Waals surface area contributed by atoms with Gasteiger partial charge in [0.25, 0.3) is 0 Å². The molecule has 2 nitrogen and oxygen atoms in total. The number of hydrogen-bond acceptors (Lipinski definition) is 2. The van der Waals surface area contributed by atoms with Crippen molar-refractivity contribution in [1.82, 2.24) is 0 Å². The van der Waals surface area contributed by atoms with Crippen LogP contribution in [0.4, 0.5) is 4.39 Å². The smallest absolute Gasteiger partial charge is 0.124 e. The van der Waals surface area contributed by atoms with Gasteiger partial charge in [0.1, 0.15) is 12.4 Å². The van der Waals surface area contributed by atoms with Crippen molar-refractivity contribution in [3.63, 3.8) is 0 Å². The number of rotatable bonds is 6. The first-order chi connectivity index (χ1) is 7.31. The number of alkyl halides is 1. The van der Waals surface area contributed by atoms with E-state index in [2.05, 4.69) is 0 Å². The highest BCUT2D eigenvalue weighted by Crippen LogP contribution is 2.21. The van der Waals surface area contributed by atoms with E-state index in [0.717, 1.165) is 24.8 Å². The van der Waals surface area contributed by atoms with Gasteiger partial charge in [0.2, 0.25) is 0 Å². The fourth-order valence-electron chi connectivity index (χ4n) is 1.57. The molecule has 0 aliphatic carbocycles. The van der Waals surface area contributed by atoms with Crippen molar-refractivity contribution in [3.05, 3.63) is 29.3 Å². The maximum Gasteiger partial charge on any atom is 0.124 e. The molecule has 2 N–H and O–H groups in total. The average molecular weight is 211 g/mol. The number of aryl methyl sites for hydroxylation is 1. The SMILES string of the molecule is COc1ccc(CCCCN)cc1CF. The molecule has 0 bridgehead atoms. The van der Waals surface area contributed by atoms with Crippen LogP contribution in [-0.4, -0.2) is 13.7 Å². The molecule has 0 radical (unpaired) electrons. The average Bonchev–Trinajstić information content (AvgIpc) is 2.29. The number of benzene rings is 1. The molecule has 0 aromatic heterocycles. The molecular weight excluding hydrogens is 193 g/mol. The highest BCUT2D eigenvalue weighted by atomic mass is 19.1. The second-order valence-corrected chi connectivity index (χ2v) is 3.53. The maximum atomic E-state index is 12.6. The molecule has 0 aliphatic heterocycles. The monoisotopic (exact) mass is 211 g/mol. The van der Waals surface area contributed by atoms with Gasteiger partial charge in [-0.3, -0.25) is 0 Å². The van der Waals surface area contributed by atoms with Gasteiger partial charge in [-0.05, 0) is 43.5 Å². The number of nitrogens with two attached hydrogens (primary N) is 1. The van der Waals surface area contributed by atoms with Crippen molar-refractivity contribution < 1.29 is 9.13 Å². The Morgan fingerprint density at radius 3 is 2.73 bits per heavy atom. The Labute approximate surface area is 90.2 Å². The number of halogens is 1. The van der Waals surface area contributed by atoms with E-state index < -0.39 is 6.67 Å². The number of methoxy groups -OCH3 is 1. The molecule has 0 saturated carbocycles. The fraction of sp³-hybridized carbons (Fsp3) is 0.500. The van der Waals surface area contributed by atoms with Crippen LogP contribution in [0, 0.1) is 0 Å². The molecule has 1 aromatic carbocycles. The summed E-state index contributed by atoms with van der Waals surface area (Å²) in [6.07, 6.45) is 3.01. The molecule has 0 spiro atoms. The van der Waals surface area contributed by atoms with Gasteiger partial charge in [-0.2, -0.15) is 0 Å². The number of unbranched alkanes of at least 4 members (excludes halogenated alkanes) is 1. The summed E-state index contributed by atoms with van der Waals surface area (Å²) in [6.45, 7) is 0.236. The molecular formula is C12H18FNO. The molecule has 1 rings (SSSR count). The number of hydrogen-bond donors (Lipinski definition) is 1. The predicted octanol–water partition coefficient (Wildman–Crippen LogP) is 2.45. The minimum absolute atomic E-state index is 0.478. The van der Waals surface area contributed by atoms with Crippen LogP contribution >= 0.6 is 0 Å². The summed E-state index contributed by atoms with van der Waals surface area (Å²) in [4.78, 5) is 0. The second kappa shape index (κ2) is 6.40. The molecule has 3 heteroatoms. The van der Waals surface area contributed by atoms with Crippen LogP contribution < -0.4 is 10.5 Å². The van der Waals surface area contributed by atoms with Crippen molar-refractivity contribution >= 4 is 0 Å². The zero-order valence-corrected chi connectivity index (χ0v) is 9.13. The third kappa shape index (κ3) is 3.51. The zero-order valence-electron chi connectivity index (χ0n) is 9.13. The van der Waals surface area contributed by atoms with Crippen LogP contribution in [0.5, 0.6) is 5.75 Å². The molecule has 15 heavy (non-hydrogen) atoms. The van der Waals surface area contributed by atoms with E-state index in [1.54, 1.807) is 7.11 Å². The van der Waals surface area contributed by atoms with Crippen LogP contribution in [0.15, 0.2) is 18.2 Å². The summed E-state index contributed by atoms with van der Waals surface area (Å²) in [5.41, 5.74) is 7.19. The minimum atomic E-state index is -0.478. The van der Waals surface area contributed by atoms with E-state index in [0.29, 0.717) is 17.9 Å². The van der Waals surface area contributed by atoms with Gasteiger partial charge < -0.3 is 10.5 Å². The predicted molar refractivity (Wildman–Crippen MR) is 59.8 cm³/mol. The Bertz CT molecular complexity index is 302. The molecule has 0 fully saturated rings. The van der Waals surface area contributed by atoms with Crippen LogP contribution in [0.1, 0.15) is 24.0 Å². The Kier molecular flexibility index (Phi) is 5.12. The second-order valence-electron chi connectivity index (χ2n) is 3.53. The van der Waals surface area contributed by atoms with Gasteiger partial charge in [0, 0.05) is 5.56 Å². The first-order valence-electron chi connectivity index (χ1n) is 5.23. The molecule has 0 amide bonds. The summed E-state index contributed by atoms with van der Waals surface area (Å²) in [5.74, 6) is 0.625. The largest absolute Gasteiger partial charge is 0.496 e. The van der Waals surface area contributed by atoms with Gasteiger partial charge in [-0.25, -0.2) is 4.39 Å². The van der Waals surface area contributed by atoms with E-state index in [4.69, 9.17) is 10.5 Å². The molecule has 0 aliphatic rings. The van der Waals surface area contributed by atoms with Crippen molar-refractivity contribution in [2.45, 2.75) is 25.9 Å². The molecule has 0 heterocycles. The quantitative estimate of drug-likeness (QED) is 0.733. The molecule has 0 unspecified atom stereocenters. The van der Waals surface area contributed by atoms with E-state index in [1.165, 1.54) is 0 Å². The third-order valence-electron chi connectivity index (χ3n) is 2.41. The first kappa shape index (κ1) is 12.0. The summed E-state index contributed by atoms with van der Waals surface area (Å²) in [6, 6.07) is 5.68. The van der Waals surface area contributed by atoms with Crippen LogP contribution in [-0.2, 0) is 13.1 Å². The lowest BCUT2D eigenvalue weighted by Gasteiger charge is -2.07. The van der Waals surface area contributed by atoms with Crippen molar-refractivity contribution in [3.8, 4) is 5.75 Å². The van der Waals surface area contributed by atoms with E-state index >= 15 is 0 Å². The van der Waals surface area contributed by atoms with Crippen LogP contribution in [0.3, 0.4) is 0 Å². The third-order valence-corrected chi connectivity index (χ3v) is 2.41. The van der Waals surface area contributed by atoms with E-state index in [1.807, 2.05) is 18.2 Å². The summed E-state index contributed by atoms with van der Waals surface area (Å²) in [7, 11) is 1.56. The van der Waals surface area contributed by atoms with Crippen LogP contribution in [0.25, 0.3) is 0 Å². The first-order valence-corrected chi connectivity index (χ1v) is 5.23. The molecule has 0 saturated heterocycles. The normalized spacial score (nSPS) is 10.3. The highest BCUT2D eigenvalue weighted by Gasteiger charge is 2.03. The summed E-state index contributed by atoms with van der Waals surface area (Å²) in [5, 5.41) is 0. The topological polar surface area (TPSA) is 35.2 Å². The van der Waals surface area contributed by atoms with Gasteiger partial charge in [0.05, 0.1) is 7.11 Å². The molecule has 0 atom stereocenters. The van der Waals surface area contributed by atoms with Gasteiger partial charge in [-0.15, -0.1) is 0 Å². The Morgan fingerprint density at radius 2 is 2.13 bits per heavy atom.